The van der Waals surface area contributed by atoms with Gasteiger partial charge in [-0.3, -0.25) is 9.69 Å². The minimum atomic E-state index is -2.50. The summed E-state index contributed by atoms with van der Waals surface area (Å²) in [5.74, 6) is -2.07. The third kappa shape index (κ3) is 6.49. The maximum absolute atomic E-state index is 13.6. The lowest BCUT2D eigenvalue weighted by Gasteiger charge is -2.51. The van der Waals surface area contributed by atoms with Gasteiger partial charge in [0.25, 0.3) is 0 Å². The Morgan fingerprint density at radius 2 is 1.98 bits per heavy atom. The third-order valence-corrected chi connectivity index (χ3v) is 10.2. The number of halogens is 2. The first-order valence-corrected chi connectivity index (χ1v) is 16.0. The molecule has 0 unspecified atom stereocenters. The van der Waals surface area contributed by atoms with Crippen molar-refractivity contribution in [1.29, 1.82) is 0 Å². The van der Waals surface area contributed by atoms with Gasteiger partial charge in [0.15, 0.2) is 0 Å². The number of nitrogens with one attached hydrogen (secondary N) is 1. The van der Waals surface area contributed by atoms with E-state index in [1.807, 2.05) is 13.0 Å². The highest BCUT2D eigenvalue weighted by atomic mass is 19.3. The number of alkyl halides is 2. The molecule has 2 N–H and O–H groups in total. The Kier molecular flexibility index (Phi) is 8.56. The first-order chi connectivity index (χ1) is 20.2. The van der Waals surface area contributed by atoms with Crippen LogP contribution in [0.25, 0.3) is 0 Å². The summed E-state index contributed by atoms with van der Waals surface area (Å²) in [7, 11) is 0. The highest BCUT2D eigenvalue weighted by Crippen LogP contribution is 2.61. The molecule has 6 rings (SSSR count). The number of rotatable bonds is 10. The van der Waals surface area contributed by atoms with E-state index < -0.39 is 17.9 Å². The van der Waals surface area contributed by atoms with E-state index in [0.29, 0.717) is 19.7 Å². The molecule has 2 aliphatic carbocycles. The lowest BCUT2D eigenvalue weighted by atomic mass is 9.56. The van der Waals surface area contributed by atoms with Crippen LogP contribution < -0.4 is 5.32 Å². The largest absolute Gasteiger partial charge is 0.480 e. The van der Waals surface area contributed by atoms with Crippen LogP contribution in [0.1, 0.15) is 104 Å². The monoisotopic (exact) mass is 581 g/mol. The van der Waals surface area contributed by atoms with Crippen molar-refractivity contribution in [3.8, 4) is 0 Å². The average Bonchev–Trinajstić information content (AvgIpc) is 3.40. The number of nitrogens with zero attached hydrogens (tertiary/aromatic N) is 2. The molecule has 1 spiro atoms. The summed E-state index contributed by atoms with van der Waals surface area (Å²) in [5.41, 5.74) is 5.23. The van der Waals surface area contributed by atoms with Crippen molar-refractivity contribution in [1.82, 2.24) is 9.88 Å². The molecular formula is C34H45F2N3O3. The molecule has 0 radical (unpaired) electrons. The first kappa shape index (κ1) is 29.5. The topological polar surface area (TPSA) is 74.7 Å². The molecule has 42 heavy (non-hydrogen) atoms. The Morgan fingerprint density at radius 1 is 1.17 bits per heavy atom. The SMILES string of the molecule is Cc1ccc(C2CCC3(CC2)CC(F)(F)C3)c([C@H](C(=O)O)N2CC[C@@H](OCCCCc3ccc4c(n3)NCCC4)C2)c1. The summed E-state index contributed by atoms with van der Waals surface area (Å²) >= 11 is 0. The fraction of sp³-hybridized carbons (Fsp3) is 0.647. The molecular weight excluding hydrogens is 536 g/mol. The van der Waals surface area contributed by atoms with Crippen LogP contribution >= 0.6 is 0 Å². The number of aliphatic carboxylic acids is 1. The lowest BCUT2D eigenvalue weighted by molar-refractivity contribution is -0.173. The molecule has 1 saturated heterocycles. The summed E-state index contributed by atoms with van der Waals surface area (Å²) < 4.78 is 33.5. The number of hydrogen-bond donors (Lipinski definition) is 2. The predicted molar refractivity (Wildman–Crippen MR) is 159 cm³/mol. The van der Waals surface area contributed by atoms with Gasteiger partial charge in [-0.25, -0.2) is 13.8 Å². The fourth-order valence-electron chi connectivity index (χ4n) is 8.02. The van der Waals surface area contributed by atoms with Crippen LogP contribution in [0, 0.1) is 12.3 Å². The van der Waals surface area contributed by atoms with Gasteiger partial charge in [0.05, 0.1) is 6.10 Å². The van der Waals surface area contributed by atoms with Gasteiger partial charge < -0.3 is 15.2 Å². The molecule has 3 heterocycles. The molecule has 2 atom stereocenters. The number of likely N-dealkylation sites (tertiary alicyclic amines) is 1. The van der Waals surface area contributed by atoms with Gasteiger partial charge in [-0.2, -0.15) is 0 Å². The van der Waals surface area contributed by atoms with Gasteiger partial charge in [-0.1, -0.05) is 29.8 Å². The van der Waals surface area contributed by atoms with Gasteiger partial charge in [-0.05, 0) is 105 Å². The second kappa shape index (κ2) is 12.2. The molecule has 0 bridgehead atoms. The van der Waals surface area contributed by atoms with E-state index >= 15 is 0 Å². The molecule has 1 aromatic carbocycles. The van der Waals surface area contributed by atoms with Crippen LogP contribution in [-0.4, -0.2) is 59.2 Å². The van der Waals surface area contributed by atoms with E-state index in [1.54, 1.807) is 0 Å². The highest BCUT2D eigenvalue weighted by Gasteiger charge is 2.56. The van der Waals surface area contributed by atoms with Gasteiger partial charge in [0.1, 0.15) is 11.9 Å². The fourth-order valence-corrected chi connectivity index (χ4v) is 8.02. The quantitative estimate of drug-likeness (QED) is 0.293. The zero-order chi connectivity index (χ0) is 29.3. The summed E-state index contributed by atoms with van der Waals surface area (Å²) in [6, 6.07) is 9.81. The molecule has 3 fully saturated rings. The number of unbranched alkanes of at least 4 members (excludes halogenated alkanes) is 1. The van der Waals surface area contributed by atoms with Crippen molar-refractivity contribution in [2.24, 2.45) is 5.41 Å². The van der Waals surface area contributed by atoms with Crippen LogP contribution in [0.2, 0.25) is 0 Å². The zero-order valence-electron chi connectivity index (χ0n) is 24.8. The Morgan fingerprint density at radius 3 is 2.74 bits per heavy atom. The summed E-state index contributed by atoms with van der Waals surface area (Å²) in [6.45, 7) is 4.95. The van der Waals surface area contributed by atoms with Crippen LogP contribution in [0.4, 0.5) is 14.6 Å². The normalized spacial score (nSPS) is 24.1. The zero-order valence-corrected chi connectivity index (χ0v) is 24.8. The molecule has 228 valence electrons. The highest BCUT2D eigenvalue weighted by molar-refractivity contribution is 5.76. The number of carboxylic acids is 1. The van der Waals surface area contributed by atoms with E-state index in [4.69, 9.17) is 9.72 Å². The summed E-state index contributed by atoms with van der Waals surface area (Å²) in [5, 5.41) is 13.8. The van der Waals surface area contributed by atoms with E-state index in [1.165, 1.54) is 5.56 Å². The smallest absolute Gasteiger partial charge is 0.325 e. The number of benzene rings is 1. The number of aryl methyl sites for hydroxylation is 3. The maximum Gasteiger partial charge on any atom is 0.325 e. The van der Waals surface area contributed by atoms with Crippen LogP contribution in [0.3, 0.4) is 0 Å². The van der Waals surface area contributed by atoms with Crippen LogP contribution in [0.15, 0.2) is 30.3 Å². The molecule has 4 aliphatic rings. The number of aromatic nitrogens is 1. The Balaban J connectivity index is 1.02. The van der Waals surface area contributed by atoms with E-state index in [-0.39, 0.29) is 30.3 Å². The van der Waals surface area contributed by atoms with Gasteiger partial charge >= 0.3 is 5.97 Å². The number of fused-ring (bicyclic) bond motifs is 1. The minimum Gasteiger partial charge on any atom is -0.480 e. The number of carbonyl (C=O) groups is 1. The third-order valence-electron chi connectivity index (χ3n) is 10.2. The van der Waals surface area contributed by atoms with Crippen molar-refractivity contribution in [2.45, 2.75) is 108 Å². The second-order valence-electron chi connectivity index (χ2n) is 13.4. The van der Waals surface area contributed by atoms with Crippen LogP contribution in [-0.2, 0) is 22.4 Å². The van der Waals surface area contributed by atoms with E-state index in [0.717, 1.165) is 99.0 Å². The Labute approximate surface area is 248 Å². The van der Waals surface area contributed by atoms with Crippen molar-refractivity contribution in [3.05, 3.63) is 58.3 Å². The number of ether oxygens (including phenoxy) is 1. The number of carboxylic acid groups (broad SMARTS) is 1. The molecule has 0 amide bonds. The van der Waals surface area contributed by atoms with E-state index in [9.17, 15) is 18.7 Å². The minimum absolute atomic E-state index is 0.0167. The Hall–Kier alpha value is -2.58. The van der Waals surface area contributed by atoms with Crippen LogP contribution in [0.5, 0.6) is 0 Å². The molecule has 6 nitrogen and oxygen atoms in total. The Bertz CT molecular complexity index is 1270. The van der Waals surface area contributed by atoms with Crippen molar-refractivity contribution in [3.63, 3.8) is 0 Å². The van der Waals surface area contributed by atoms with Crippen molar-refractivity contribution >= 4 is 11.8 Å². The molecule has 1 aromatic heterocycles. The average molecular weight is 582 g/mol. The summed E-state index contributed by atoms with van der Waals surface area (Å²) in [6.07, 6.45) is 9.33. The maximum atomic E-state index is 13.6. The van der Waals surface area contributed by atoms with Gasteiger partial charge in [0, 0.05) is 44.8 Å². The van der Waals surface area contributed by atoms with Crippen molar-refractivity contribution < 1.29 is 23.4 Å². The molecule has 8 heteroatoms. The molecule has 2 aliphatic heterocycles. The van der Waals surface area contributed by atoms with E-state index in [2.05, 4.69) is 34.5 Å². The number of anilines is 1. The van der Waals surface area contributed by atoms with Gasteiger partial charge in [-0.15, -0.1) is 0 Å². The molecule has 2 aromatic rings. The standard InChI is InChI=1S/C34H45F2N3O3/c1-23-7-10-28(24-11-14-33(15-12-24)21-34(35,36)22-33)29(19-23)30(32(40)41)39-17-13-27(20-39)42-18-3-2-6-26-9-8-25-5-4-16-37-31(25)38-26/h7-10,19,24,27,30H,2-6,11-18,20-22H2,1H3,(H,37,38)(H,40,41)/t27-,30-/m1/s1. The first-order valence-electron chi connectivity index (χ1n) is 16.0. The van der Waals surface area contributed by atoms with Crippen molar-refractivity contribution in [2.75, 3.05) is 31.6 Å². The predicted octanol–water partition coefficient (Wildman–Crippen LogP) is 7.06. The molecule has 2 saturated carbocycles. The number of hydrogen-bond acceptors (Lipinski definition) is 5. The van der Waals surface area contributed by atoms with Gasteiger partial charge in [0.2, 0.25) is 5.92 Å². The second-order valence-corrected chi connectivity index (χ2v) is 13.4. The number of pyridine rings is 1. The summed E-state index contributed by atoms with van der Waals surface area (Å²) in [4.78, 5) is 19.6. The lowest BCUT2D eigenvalue weighted by Crippen LogP contribution is -2.47.